The van der Waals surface area contributed by atoms with Crippen molar-refractivity contribution in [1.29, 1.82) is 0 Å². The van der Waals surface area contributed by atoms with Crippen LogP contribution in [0.2, 0.25) is 5.02 Å². The minimum Gasteiger partial charge on any atom is -0.496 e. The summed E-state index contributed by atoms with van der Waals surface area (Å²) in [4.78, 5) is 21.6. The Kier molecular flexibility index (Phi) is 4.34. The first kappa shape index (κ1) is 13.3. The number of carboxylic acids is 1. The molecule has 0 unspecified atom stereocenters. The Morgan fingerprint density at radius 2 is 1.82 bits per heavy atom. The van der Waals surface area contributed by atoms with Crippen LogP contribution in [0.4, 0.5) is 0 Å². The van der Waals surface area contributed by atoms with Crippen LogP contribution >= 0.6 is 11.6 Å². The zero-order valence-electron chi connectivity index (χ0n) is 9.32. The lowest BCUT2D eigenvalue weighted by Gasteiger charge is -2.10. The number of ketones is 1. The van der Waals surface area contributed by atoms with Crippen LogP contribution in [0.15, 0.2) is 12.1 Å². The highest BCUT2D eigenvalue weighted by Crippen LogP contribution is 2.32. The summed E-state index contributed by atoms with van der Waals surface area (Å²) >= 11 is 5.87. The third-order valence-electron chi connectivity index (χ3n) is 2.14. The van der Waals surface area contributed by atoms with Crippen LogP contribution in [0.25, 0.3) is 0 Å². The average Bonchev–Trinajstić information content (AvgIpc) is 2.30. The maximum absolute atomic E-state index is 11.1. The predicted octanol–water partition coefficient (Wildman–Crippen LogP) is 1.55. The molecule has 1 rings (SSSR count). The van der Waals surface area contributed by atoms with Crippen molar-refractivity contribution < 1.29 is 24.2 Å². The number of Topliss-reactive ketones (excluding diaryl/α,β-unsaturated/α-hetero) is 1. The number of carbonyl (C=O) groups excluding carboxylic acids is 1. The molecule has 17 heavy (non-hydrogen) atoms. The van der Waals surface area contributed by atoms with Gasteiger partial charge >= 0.3 is 5.97 Å². The van der Waals surface area contributed by atoms with Crippen LogP contribution in [-0.2, 0) is 16.0 Å². The van der Waals surface area contributed by atoms with Gasteiger partial charge in [-0.3, -0.25) is 4.79 Å². The highest BCUT2D eigenvalue weighted by molar-refractivity contribution is 6.33. The minimum absolute atomic E-state index is 0.272. The number of carbonyl (C=O) groups is 2. The van der Waals surface area contributed by atoms with Gasteiger partial charge in [-0.05, 0) is 6.07 Å². The second-order valence-corrected chi connectivity index (χ2v) is 3.61. The van der Waals surface area contributed by atoms with E-state index in [-0.39, 0.29) is 6.42 Å². The summed E-state index contributed by atoms with van der Waals surface area (Å²) in [6.07, 6.45) is -0.272. The van der Waals surface area contributed by atoms with Gasteiger partial charge < -0.3 is 14.6 Å². The van der Waals surface area contributed by atoms with Gasteiger partial charge in [-0.25, -0.2) is 4.79 Å². The van der Waals surface area contributed by atoms with Crippen molar-refractivity contribution in [1.82, 2.24) is 0 Å². The van der Waals surface area contributed by atoms with E-state index in [9.17, 15) is 9.59 Å². The fraction of sp³-hybridized carbons (Fsp3) is 0.273. The topological polar surface area (TPSA) is 72.8 Å². The molecule has 0 fully saturated rings. The molecule has 6 heteroatoms. The Bertz CT molecular complexity index is 455. The number of aliphatic carboxylic acids is 1. The molecule has 0 aromatic heterocycles. The third kappa shape index (κ3) is 3.10. The summed E-state index contributed by atoms with van der Waals surface area (Å²) in [5.74, 6) is -1.69. The molecule has 1 aromatic rings. The van der Waals surface area contributed by atoms with Crippen LogP contribution in [0.5, 0.6) is 11.5 Å². The van der Waals surface area contributed by atoms with Gasteiger partial charge in [0.1, 0.15) is 11.5 Å². The van der Waals surface area contributed by atoms with E-state index in [1.807, 2.05) is 0 Å². The van der Waals surface area contributed by atoms with Gasteiger partial charge in [-0.15, -0.1) is 0 Å². The first-order valence-corrected chi connectivity index (χ1v) is 5.04. The van der Waals surface area contributed by atoms with Gasteiger partial charge in [-0.1, -0.05) is 11.6 Å². The zero-order chi connectivity index (χ0) is 13.0. The van der Waals surface area contributed by atoms with E-state index >= 15 is 0 Å². The highest BCUT2D eigenvalue weighted by Gasteiger charge is 2.17. The molecule has 0 aliphatic heterocycles. The molecule has 0 amide bonds. The lowest BCUT2D eigenvalue weighted by molar-refractivity contribution is -0.148. The molecule has 92 valence electrons. The Morgan fingerprint density at radius 1 is 1.24 bits per heavy atom. The molecule has 0 atom stereocenters. The van der Waals surface area contributed by atoms with Crippen LogP contribution in [-0.4, -0.2) is 31.1 Å². The SMILES string of the molecule is COc1cc(CC(=O)C(=O)O)c(OC)cc1Cl. The summed E-state index contributed by atoms with van der Waals surface area (Å²) in [5, 5.41) is 8.87. The predicted molar refractivity (Wildman–Crippen MR) is 60.9 cm³/mol. The molecule has 0 aliphatic carbocycles. The standard InChI is InChI=1S/C11H11ClO5/c1-16-9-5-7(12)10(17-2)4-6(9)3-8(13)11(14)15/h4-5H,3H2,1-2H3,(H,14,15). The molecular formula is C11H11ClO5. The normalized spacial score (nSPS) is 9.82. The number of methoxy groups -OCH3 is 2. The monoisotopic (exact) mass is 258 g/mol. The minimum atomic E-state index is -1.49. The van der Waals surface area contributed by atoms with E-state index in [0.29, 0.717) is 22.1 Å². The van der Waals surface area contributed by atoms with Crippen LogP contribution < -0.4 is 9.47 Å². The number of hydrogen-bond donors (Lipinski definition) is 1. The molecule has 0 bridgehead atoms. The number of benzene rings is 1. The van der Waals surface area contributed by atoms with Crippen molar-refractivity contribution in [3.05, 3.63) is 22.7 Å². The largest absolute Gasteiger partial charge is 0.496 e. The Morgan fingerprint density at radius 3 is 2.29 bits per heavy atom. The second kappa shape index (κ2) is 5.54. The summed E-state index contributed by atoms with van der Waals surface area (Å²) in [6.45, 7) is 0. The van der Waals surface area contributed by atoms with E-state index in [4.69, 9.17) is 26.2 Å². The van der Waals surface area contributed by atoms with Crippen molar-refractivity contribution in [3.63, 3.8) is 0 Å². The maximum Gasteiger partial charge on any atom is 0.372 e. The van der Waals surface area contributed by atoms with Gasteiger partial charge in [-0.2, -0.15) is 0 Å². The van der Waals surface area contributed by atoms with Gasteiger partial charge in [0.2, 0.25) is 5.78 Å². The third-order valence-corrected chi connectivity index (χ3v) is 2.44. The Balaban J connectivity index is 3.12. The van der Waals surface area contributed by atoms with E-state index in [1.165, 1.54) is 26.4 Å². The summed E-state index contributed by atoms with van der Waals surface area (Å²) < 4.78 is 10.0. The molecule has 0 aliphatic rings. The van der Waals surface area contributed by atoms with E-state index in [0.717, 1.165) is 0 Å². The molecule has 0 saturated carbocycles. The van der Waals surface area contributed by atoms with Gasteiger partial charge in [0.05, 0.1) is 19.2 Å². The number of rotatable bonds is 5. The molecule has 5 nitrogen and oxygen atoms in total. The lowest BCUT2D eigenvalue weighted by atomic mass is 10.1. The lowest BCUT2D eigenvalue weighted by Crippen LogP contribution is -2.15. The number of carboxylic acid groups (broad SMARTS) is 1. The molecule has 0 saturated heterocycles. The van der Waals surface area contributed by atoms with Gasteiger partial charge in [0, 0.05) is 18.1 Å². The van der Waals surface area contributed by atoms with Crippen LogP contribution in [0.1, 0.15) is 5.56 Å². The smallest absolute Gasteiger partial charge is 0.372 e. The molecule has 0 heterocycles. The maximum atomic E-state index is 11.1. The number of halogens is 1. The molecule has 1 N–H and O–H groups in total. The van der Waals surface area contributed by atoms with Crippen molar-refractivity contribution >= 4 is 23.4 Å². The summed E-state index contributed by atoms with van der Waals surface area (Å²) in [5.41, 5.74) is 0.418. The van der Waals surface area contributed by atoms with E-state index in [1.54, 1.807) is 0 Å². The quantitative estimate of drug-likeness (QED) is 0.812. The molecule has 0 spiro atoms. The zero-order valence-corrected chi connectivity index (χ0v) is 10.1. The van der Waals surface area contributed by atoms with Gasteiger partial charge in [0.25, 0.3) is 0 Å². The molecule has 0 radical (unpaired) electrons. The molecular weight excluding hydrogens is 248 g/mol. The Labute approximate surface area is 103 Å². The fourth-order valence-electron chi connectivity index (χ4n) is 1.31. The molecule has 1 aromatic carbocycles. The van der Waals surface area contributed by atoms with Crippen LogP contribution in [0.3, 0.4) is 0 Å². The second-order valence-electron chi connectivity index (χ2n) is 3.20. The first-order valence-electron chi connectivity index (χ1n) is 4.66. The first-order chi connectivity index (χ1) is 7.99. The fourth-order valence-corrected chi connectivity index (χ4v) is 1.54. The highest BCUT2D eigenvalue weighted by atomic mass is 35.5. The van der Waals surface area contributed by atoms with Crippen molar-refractivity contribution in [3.8, 4) is 11.5 Å². The summed E-state index contributed by atoms with van der Waals surface area (Å²) in [7, 11) is 2.84. The van der Waals surface area contributed by atoms with Gasteiger partial charge in [0.15, 0.2) is 0 Å². The van der Waals surface area contributed by atoms with Crippen LogP contribution in [0, 0.1) is 0 Å². The number of hydrogen-bond acceptors (Lipinski definition) is 4. The van der Waals surface area contributed by atoms with E-state index in [2.05, 4.69) is 0 Å². The average molecular weight is 259 g/mol. The van der Waals surface area contributed by atoms with Crippen molar-refractivity contribution in [2.75, 3.05) is 14.2 Å². The van der Waals surface area contributed by atoms with Crippen molar-refractivity contribution in [2.45, 2.75) is 6.42 Å². The number of ether oxygens (including phenoxy) is 2. The summed E-state index contributed by atoms with van der Waals surface area (Å²) in [6, 6.07) is 2.97. The van der Waals surface area contributed by atoms with Crippen molar-refractivity contribution in [2.24, 2.45) is 0 Å². The Hall–Kier alpha value is -1.75. The van der Waals surface area contributed by atoms with E-state index < -0.39 is 11.8 Å².